The molecular formula is C11H9ClF2N2O2. The predicted molar refractivity (Wildman–Crippen MR) is 59.2 cm³/mol. The molecule has 1 aromatic rings. The van der Waals surface area contributed by atoms with Crippen molar-refractivity contribution in [1.29, 1.82) is 5.26 Å². The first-order chi connectivity index (χ1) is 8.54. The highest BCUT2D eigenvalue weighted by Gasteiger charge is 2.23. The molecule has 0 aliphatic carbocycles. The first-order valence-electron chi connectivity index (χ1n) is 4.86. The van der Waals surface area contributed by atoms with Gasteiger partial charge in [-0.15, -0.1) is 11.6 Å². The highest BCUT2D eigenvalue weighted by atomic mass is 35.5. The number of aromatic nitrogens is 1. The lowest BCUT2D eigenvalue weighted by Gasteiger charge is -2.12. The molecule has 0 saturated carbocycles. The molecule has 0 aromatic carbocycles. The molecule has 0 spiro atoms. The lowest BCUT2D eigenvalue weighted by Crippen LogP contribution is -2.12. The maximum atomic E-state index is 13.0. The van der Waals surface area contributed by atoms with Crippen LogP contribution in [0, 0.1) is 11.3 Å². The Morgan fingerprint density at radius 1 is 1.67 bits per heavy atom. The van der Waals surface area contributed by atoms with E-state index in [-0.39, 0.29) is 29.1 Å². The van der Waals surface area contributed by atoms with E-state index in [0.29, 0.717) is 0 Å². The summed E-state index contributed by atoms with van der Waals surface area (Å²) in [4.78, 5) is 14.8. The fourth-order valence-corrected chi connectivity index (χ4v) is 1.74. The Labute approximate surface area is 107 Å². The van der Waals surface area contributed by atoms with Crippen LogP contribution in [-0.2, 0) is 21.8 Å². The molecule has 0 aliphatic rings. The maximum absolute atomic E-state index is 13.0. The summed E-state index contributed by atoms with van der Waals surface area (Å²) in [7, 11) is 1.15. The standard InChI is InChI=1S/C11H9ClF2N2O2/c1-18-9(17)2-8-10(11(13)14)7(3-12)6(4-15)5-16-8/h5,11H,2-3H2,1H3. The van der Waals surface area contributed by atoms with Crippen LogP contribution in [0.25, 0.3) is 0 Å². The molecule has 0 unspecified atom stereocenters. The van der Waals surface area contributed by atoms with Crippen LogP contribution in [0.3, 0.4) is 0 Å². The minimum atomic E-state index is -2.86. The van der Waals surface area contributed by atoms with E-state index in [1.54, 1.807) is 6.07 Å². The molecule has 1 heterocycles. The van der Waals surface area contributed by atoms with Gasteiger partial charge < -0.3 is 4.74 Å². The maximum Gasteiger partial charge on any atom is 0.311 e. The number of carbonyl (C=O) groups is 1. The molecule has 0 bridgehead atoms. The Morgan fingerprint density at radius 2 is 2.33 bits per heavy atom. The predicted octanol–water partition coefficient (Wildman–Crippen LogP) is 2.35. The van der Waals surface area contributed by atoms with Gasteiger partial charge in [-0.05, 0) is 5.56 Å². The van der Waals surface area contributed by atoms with Crippen molar-refractivity contribution < 1.29 is 18.3 Å². The van der Waals surface area contributed by atoms with Gasteiger partial charge in [0.15, 0.2) is 0 Å². The van der Waals surface area contributed by atoms with Crippen molar-refractivity contribution >= 4 is 17.6 Å². The van der Waals surface area contributed by atoms with Crippen LogP contribution >= 0.6 is 11.6 Å². The number of nitrogens with zero attached hydrogens (tertiary/aromatic N) is 2. The first-order valence-corrected chi connectivity index (χ1v) is 5.40. The van der Waals surface area contributed by atoms with Gasteiger partial charge in [-0.25, -0.2) is 8.78 Å². The number of nitriles is 1. The van der Waals surface area contributed by atoms with Crippen LogP contribution < -0.4 is 0 Å². The molecule has 0 aliphatic heterocycles. The zero-order valence-corrected chi connectivity index (χ0v) is 10.2. The van der Waals surface area contributed by atoms with Crippen molar-refractivity contribution in [2.45, 2.75) is 18.7 Å². The van der Waals surface area contributed by atoms with Crippen molar-refractivity contribution in [1.82, 2.24) is 4.98 Å². The molecule has 4 nitrogen and oxygen atoms in total. The van der Waals surface area contributed by atoms with E-state index in [1.807, 2.05) is 0 Å². The fourth-order valence-electron chi connectivity index (χ4n) is 1.46. The van der Waals surface area contributed by atoms with Crippen molar-refractivity contribution in [2.75, 3.05) is 7.11 Å². The smallest absolute Gasteiger partial charge is 0.311 e. The zero-order chi connectivity index (χ0) is 13.7. The third-order valence-electron chi connectivity index (χ3n) is 2.32. The van der Waals surface area contributed by atoms with E-state index in [4.69, 9.17) is 16.9 Å². The van der Waals surface area contributed by atoms with Crippen LogP contribution in [0.15, 0.2) is 6.20 Å². The number of esters is 1. The number of pyridine rings is 1. The summed E-state index contributed by atoms with van der Waals surface area (Å²) in [5.41, 5.74) is -0.599. The average molecular weight is 275 g/mol. The van der Waals surface area contributed by atoms with Gasteiger partial charge in [-0.2, -0.15) is 5.26 Å². The third-order valence-corrected chi connectivity index (χ3v) is 2.59. The van der Waals surface area contributed by atoms with Gasteiger partial charge in [0.05, 0.1) is 24.8 Å². The normalized spacial score (nSPS) is 10.2. The Morgan fingerprint density at radius 3 is 2.78 bits per heavy atom. The number of hydrogen-bond acceptors (Lipinski definition) is 4. The number of rotatable bonds is 4. The van der Waals surface area contributed by atoms with Crippen molar-refractivity contribution in [3.8, 4) is 6.07 Å². The minimum Gasteiger partial charge on any atom is -0.469 e. The van der Waals surface area contributed by atoms with Gasteiger partial charge in [-0.1, -0.05) is 0 Å². The summed E-state index contributed by atoms with van der Waals surface area (Å²) in [5.74, 6) is -0.936. The highest BCUT2D eigenvalue weighted by Crippen LogP contribution is 2.29. The van der Waals surface area contributed by atoms with Crippen molar-refractivity contribution in [2.24, 2.45) is 0 Å². The van der Waals surface area contributed by atoms with Gasteiger partial charge in [0.1, 0.15) is 6.07 Å². The van der Waals surface area contributed by atoms with Crippen LogP contribution in [-0.4, -0.2) is 18.1 Å². The summed E-state index contributed by atoms with van der Waals surface area (Å²) < 4.78 is 30.4. The van der Waals surface area contributed by atoms with Gasteiger partial charge in [0.25, 0.3) is 6.43 Å². The Kier molecular flexibility index (Phi) is 4.98. The van der Waals surface area contributed by atoms with E-state index >= 15 is 0 Å². The number of alkyl halides is 3. The highest BCUT2D eigenvalue weighted by molar-refractivity contribution is 6.17. The second kappa shape index (κ2) is 6.26. The SMILES string of the molecule is COC(=O)Cc1ncc(C#N)c(CCl)c1C(F)F. The molecule has 1 aromatic heterocycles. The molecule has 0 fully saturated rings. The Bertz CT molecular complexity index is 501. The molecule has 0 atom stereocenters. The molecule has 0 radical (unpaired) electrons. The van der Waals surface area contributed by atoms with Gasteiger partial charge in [0.2, 0.25) is 0 Å². The topological polar surface area (TPSA) is 63.0 Å². The van der Waals surface area contributed by atoms with Gasteiger partial charge in [-0.3, -0.25) is 9.78 Å². The monoisotopic (exact) mass is 274 g/mol. The quantitative estimate of drug-likeness (QED) is 0.624. The molecule has 1 rings (SSSR count). The first kappa shape index (κ1) is 14.3. The number of ether oxygens (including phenoxy) is 1. The van der Waals surface area contributed by atoms with E-state index in [1.165, 1.54) is 0 Å². The van der Waals surface area contributed by atoms with E-state index in [9.17, 15) is 13.6 Å². The molecule has 0 saturated heterocycles. The van der Waals surface area contributed by atoms with Gasteiger partial charge >= 0.3 is 5.97 Å². The van der Waals surface area contributed by atoms with Crippen LogP contribution in [0.4, 0.5) is 8.78 Å². The summed E-state index contributed by atoms with van der Waals surface area (Å²) in [6, 6.07) is 1.74. The fraction of sp³-hybridized carbons (Fsp3) is 0.364. The average Bonchev–Trinajstić information content (AvgIpc) is 2.37. The molecule has 18 heavy (non-hydrogen) atoms. The number of hydrogen-bond donors (Lipinski definition) is 0. The van der Waals surface area contributed by atoms with Crippen molar-refractivity contribution in [3.63, 3.8) is 0 Å². The van der Waals surface area contributed by atoms with E-state index in [0.717, 1.165) is 13.3 Å². The molecule has 0 amide bonds. The largest absolute Gasteiger partial charge is 0.469 e. The lowest BCUT2D eigenvalue weighted by molar-refractivity contribution is -0.139. The van der Waals surface area contributed by atoms with E-state index in [2.05, 4.69) is 9.72 Å². The lowest BCUT2D eigenvalue weighted by atomic mass is 10.0. The Balaban J connectivity index is 3.35. The van der Waals surface area contributed by atoms with Crippen LogP contribution in [0.1, 0.15) is 28.8 Å². The third kappa shape index (κ3) is 2.93. The summed E-state index contributed by atoms with van der Waals surface area (Å²) >= 11 is 5.57. The second-order valence-electron chi connectivity index (χ2n) is 3.31. The van der Waals surface area contributed by atoms with Crippen LogP contribution in [0.5, 0.6) is 0 Å². The van der Waals surface area contributed by atoms with Crippen molar-refractivity contribution in [3.05, 3.63) is 28.6 Å². The summed E-state index contributed by atoms with van der Waals surface area (Å²) in [6.45, 7) is 0. The number of carbonyl (C=O) groups excluding carboxylic acids is 1. The number of halogens is 3. The van der Waals surface area contributed by atoms with Crippen LogP contribution in [0.2, 0.25) is 0 Å². The molecular weight excluding hydrogens is 266 g/mol. The number of methoxy groups -OCH3 is 1. The molecule has 0 N–H and O–H groups in total. The zero-order valence-electron chi connectivity index (χ0n) is 9.41. The second-order valence-corrected chi connectivity index (χ2v) is 3.58. The molecule has 7 heteroatoms. The Hall–Kier alpha value is -1.74. The summed E-state index contributed by atoms with van der Waals surface area (Å²) in [6.07, 6.45) is -2.12. The van der Waals surface area contributed by atoms with Gasteiger partial charge in [0, 0.05) is 17.6 Å². The minimum absolute atomic E-state index is 0.00284. The summed E-state index contributed by atoms with van der Waals surface area (Å²) in [5, 5.41) is 8.79. The van der Waals surface area contributed by atoms with E-state index < -0.39 is 18.0 Å². The molecule has 96 valence electrons.